The van der Waals surface area contributed by atoms with E-state index in [9.17, 15) is 5.11 Å². The Balaban J connectivity index is 1.45. The summed E-state index contributed by atoms with van der Waals surface area (Å²) in [5.41, 5.74) is 3.58. The zero-order chi connectivity index (χ0) is 18.6. The lowest BCUT2D eigenvalue weighted by Crippen LogP contribution is -2.49. The standard InChI is InChI=1S/C22H25N3OS/c1-24(2)19-15-7-3-4-8-16(15)22(20(19)26)11-13-25(14-12-22)21-23-17-9-5-6-10-18(17)27-21/h3-10,19-20,26H,11-14H2,1-2H3/t19-,20+/m1/s1. The summed E-state index contributed by atoms with van der Waals surface area (Å²) in [4.78, 5) is 9.39. The van der Waals surface area contributed by atoms with Gasteiger partial charge in [0.25, 0.3) is 0 Å². The van der Waals surface area contributed by atoms with Crippen LogP contribution in [0.3, 0.4) is 0 Å². The molecule has 27 heavy (non-hydrogen) atoms. The number of anilines is 1. The van der Waals surface area contributed by atoms with Gasteiger partial charge in [-0.1, -0.05) is 47.7 Å². The first kappa shape index (κ1) is 17.2. The number of thiazole rings is 1. The smallest absolute Gasteiger partial charge is 0.186 e. The molecule has 2 aromatic carbocycles. The van der Waals surface area contributed by atoms with E-state index in [4.69, 9.17) is 4.98 Å². The normalized spacial score (nSPS) is 24.1. The van der Waals surface area contributed by atoms with Crippen molar-refractivity contribution in [1.29, 1.82) is 0 Å². The minimum atomic E-state index is -0.359. The lowest BCUT2D eigenvalue weighted by molar-refractivity contribution is 0.0166. The second-order valence-electron chi connectivity index (χ2n) is 8.05. The van der Waals surface area contributed by atoms with Gasteiger partial charge in [0.1, 0.15) is 0 Å². The minimum Gasteiger partial charge on any atom is -0.390 e. The summed E-state index contributed by atoms with van der Waals surface area (Å²) < 4.78 is 1.24. The van der Waals surface area contributed by atoms with Crippen molar-refractivity contribution in [2.45, 2.75) is 30.4 Å². The van der Waals surface area contributed by atoms with E-state index in [1.807, 2.05) is 6.07 Å². The summed E-state index contributed by atoms with van der Waals surface area (Å²) in [6.07, 6.45) is 1.57. The fourth-order valence-corrected chi connectivity index (χ4v) is 6.08. The SMILES string of the molecule is CN(C)[C@@H]1c2ccccc2C2(CCN(c3nc4ccccc4s3)CC2)[C@H]1O. The highest BCUT2D eigenvalue weighted by Gasteiger charge is 2.53. The predicted octanol–water partition coefficient (Wildman–Crippen LogP) is 3.81. The summed E-state index contributed by atoms with van der Waals surface area (Å²) in [6.45, 7) is 1.87. The molecule has 1 spiro atoms. The number of benzene rings is 2. The maximum Gasteiger partial charge on any atom is 0.186 e. The monoisotopic (exact) mass is 379 g/mol. The zero-order valence-corrected chi connectivity index (χ0v) is 16.6. The number of rotatable bonds is 2. The number of para-hydroxylation sites is 1. The van der Waals surface area contributed by atoms with Crippen molar-refractivity contribution < 1.29 is 5.11 Å². The van der Waals surface area contributed by atoms with Crippen LogP contribution in [0.2, 0.25) is 0 Å². The van der Waals surface area contributed by atoms with Crippen LogP contribution >= 0.6 is 11.3 Å². The number of aliphatic hydroxyl groups excluding tert-OH is 1. The topological polar surface area (TPSA) is 39.6 Å². The molecule has 1 N–H and O–H groups in total. The van der Waals surface area contributed by atoms with E-state index < -0.39 is 0 Å². The molecule has 140 valence electrons. The first-order valence-electron chi connectivity index (χ1n) is 9.64. The van der Waals surface area contributed by atoms with E-state index >= 15 is 0 Å². The molecule has 0 radical (unpaired) electrons. The largest absolute Gasteiger partial charge is 0.390 e. The first-order chi connectivity index (χ1) is 13.1. The molecule has 3 aromatic rings. The second kappa shape index (κ2) is 6.30. The summed E-state index contributed by atoms with van der Waals surface area (Å²) in [6, 6.07) is 17.1. The van der Waals surface area contributed by atoms with Gasteiger partial charge in [0, 0.05) is 18.5 Å². The molecule has 2 aliphatic rings. The second-order valence-corrected chi connectivity index (χ2v) is 9.06. The molecule has 1 fully saturated rings. The molecular weight excluding hydrogens is 354 g/mol. The number of hydrogen-bond acceptors (Lipinski definition) is 5. The maximum absolute atomic E-state index is 11.4. The molecule has 2 atom stereocenters. The van der Waals surface area contributed by atoms with Gasteiger partial charge in [-0.2, -0.15) is 0 Å². The summed E-state index contributed by atoms with van der Waals surface area (Å²) in [5.74, 6) is 0. The van der Waals surface area contributed by atoms with Crippen LogP contribution in [0.15, 0.2) is 48.5 Å². The van der Waals surface area contributed by atoms with Crippen molar-refractivity contribution in [2.24, 2.45) is 0 Å². The van der Waals surface area contributed by atoms with Gasteiger partial charge in [0.2, 0.25) is 0 Å². The van der Waals surface area contributed by atoms with Gasteiger partial charge in [-0.25, -0.2) is 4.98 Å². The average Bonchev–Trinajstić information content (AvgIpc) is 3.21. The van der Waals surface area contributed by atoms with Gasteiger partial charge in [-0.3, -0.25) is 0 Å². The van der Waals surface area contributed by atoms with Gasteiger partial charge in [0.15, 0.2) is 5.13 Å². The van der Waals surface area contributed by atoms with Gasteiger partial charge < -0.3 is 14.9 Å². The van der Waals surface area contributed by atoms with Crippen LogP contribution in [-0.4, -0.2) is 48.3 Å². The van der Waals surface area contributed by atoms with Crippen molar-refractivity contribution in [3.05, 3.63) is 59.7 Å². The van der Waals surface area contributed by atoms with Crippen LogP contribution in [-0.2, 0) is 5.41 Å². The molecule has 5 heteroatoms. The molecule has 2 heterocycles. The molecule has 0 amide bonds. The van der Waals surface area contributed by atoms with Crippen molar-refractivity contribution in [3.8, 4) is 0 Å². The quantitative estimate of drug-likeness (QED) is 0.735. The van der Waals surface area contributed by atoms with Crippen molar-refractivity contribution in [3.63, 3.8) is 0 Å². The van der Waals surface area contributed by atoms with Gasteiger partial charge >= 0.3 is 0 Å². The Morgan fingerprint density at radius 1 is 1.07 bits per heavy atom. The Hall–Kier alpha value is -1.95. The van der Waals surface area contributed by atoms with Crippen molar-refractivity contribution >= 4 is 26.7 Å². The van der Waals surface area contributed by atoms with E-state index in [-0.39, 0.29) is 17.6 Å². The third-order valence-corrected chi connectivity index (χ3v) is 7.54. The van der Waals surface area contributed by atoms with Crippen LogP contribution < -0.4 is 4.90 Å². The molecule has 5 rings (SSSR count). The fraction of sp³-hybridized carbons (Fsp3) is 0.409. The Morgan fingerprint density at radius 2 is 1.78 bits per heavy atom. The lowest BCUT2D eigenvalue weighted by Gasteiger charge is -2.43. The number of likely N-dealkylation sites (N-methyl/N-ethyl adjacent to an activating group) is 1. The maximum atomic E-state index is 11.4. The zero-order valence-electron chi connectivity index (χ0n) is 15.8. The van der Waals surface area contributed by atoms with E-state index in [1.165, 1.54) is 15.8 Å². The molecule has 0 bridgehead atoms. The van der Waals surface area contributed by atoms with Crippen molar-refractivity contribution in [1.82, 2.24) is 9.88 Å². The van der Waals surface area contributed by atoms with Crippen LogP contribution in [0.5, 0.6) is 0 Å². The van der Waals surface area contributed by atoms with E-state index in [0.29, 0.717) is 0 Å². The summed E-state index contributed by atoms with van der Waals surface area (Å²) >= 11 is 1.77. The number of fused-ring (bicyclic) bond motifs is 3. The molecule has 1 aromatic heterocycles. The van der Waals surface area contributed by atoms with Crippen LogP contribution in [0, 0.1) is 0 Å². The molecule has 0 saturated carbocycles. The summed E-state index contributed by atoms with van der Waals surface area (Å²) in [7, 11) is 4.14. The van der Waals surface area contributed by atoms with E-state index in [2.05, 4.69) is 66.4 Å². The summed E-state index contributed by atoms with van der Waals surface area (Å²) in [5, 5.41) is 12.5. The Kier molecular flexibility index (Phi) is 4.00. The Morgan fingerprint density at radius 3 is 2.52 bits per heavy atom. The molecule has 0 unspecified atom stereocenters. The third kappa shape index (κ3) is 2.53. The average molecular weight is 380 g/mol. The molecule has 1 aliphatic carbocycles. The number of piperidine rings is 1. The van der Waals surface area contributed by atoms with Gasteiger partial charge in [-0.05, 0) is 50.2 Å². The minimum absolute atomic E-state index is 0.0789. The van der Waals surface area contributed by atoms with Gasteiger partial charge in [0.05, 0.1) is 22.4 Å². The highest BCUT2D eigenvalue weighted by molar-refractivity contribution is 7.22. The number of hydrogen-bond donors (Lipinski definition) is 1. The van der Waals surface area contributed by atoms with E-state index in [0.717, 1.165) is 36.6 Å². The fourth-order valence-electron chi connectivity index (χ4n) is 5.06. The first-order valence-corrected chi connectivity index (χ1v) is 10.5. The van der Waals surface area contributed by atoms with Crippen LogP contribution in [0.4, 0.5) is 5.13 Å². The Bertz CT molecular complexity index is 941. The third-order valence-electron chi connectivity index (χ3n) is 6.45. The van der Waals surface area contributed by atoms with Crippen molar-refractivity contribution in [2.75, 3.05) is 32.1 Å². The lowest BCUT2D eigenvalue weighted by atomic mass is 9.72. The molecule has 1 saturated heterocycles. The number of nitrogens with zero attached hydrogens (tertiary/aromatic N) is 3. The molecule has 1 aliphatic heterocycles. The number of aromatic nitrogens is 1. The van der Waals surface area contributed by atoms with Gasteiger partial charge in [-0.15, -0.1) is 0 Å². The molecule has 4 nitrogen and oxygen atoms in total. The highest BCUT2D eigenvalue weighted by atomic mass is 32.1. The van der Waals surface area contributed by atoms with E-state index in [1.54, 1.807) is 11.3 Å². The highest BCUT2D eigenvalue weighted by Crippen LogP contribution is 2.52. The predicted molar refractivity (Wildman–Crippen MR) is 112 cm³/mol. The van der Waals surface area contributed by atoms with Crippen LogP contribution in [0.1, 0.15) is 30.0 Å². The molecular formula is C22H25N3OS. The Labute approximate surface area is 164 Å². The van der Waals surface area contributed by atoms with Crippen LogP contribution in [0.25, 0.3) is 10.2 Å². The number of aliphatic hydroxyl groups is 1.